The molecule has 3 aromatic rings. The number of sulfonamides is 1. The maximum atomic E-state index is 13.1. The highest BCUT2D eigenvalue weighted by Gasteiger charge is 2.29. The first-order valence-corrected chi connectivity index (χ1v) is 13.8. The lowest BCUT2D eigenvalue weighted by Gasteiger charge is -2.33. The number of benzene rings is 2. The molecular weight excluding hydrogens is 476 g/mol. The predicted octanol–water partition coefficient (Wildman–Crippen LogP) is 2.62. The number of carbonyl (C=O) groups is 1. The van der Waals surface area contributed by atoms with Crippen LogP contribution < -0.4 is 11.1 Å². The molecular formula is C26H34N6O3S. The Morgan fingerprint density at radius 3 is 2.31 bits per heavy atom. The average molecular weight is 511 g/mol. The summed E-state index contributed by atoms with van der Waals surface area (Å²) < 4.78 is 27.7. The van der Waals surface area contributed by atoms with Crippen molar-refractivity contribution in [1.82, 2.24) is 19.2 Å². The van der Waals surface area contributed by atoms with Crippen LogP contribution in [0.1, 0.15) is 32.2 Å². The second-order valence-corrected chi connectivity index (χ2v) is 11.4. The molecule has 1 aromatic heterocycles. The smallest absolute Gasteiger partial charge is 0.243 e. The number of amides is 1. The van der Waals surface area contributed by atoms with Gasteiger partial charge in [-0.1, -0.05) is 45.0 Å². The summed E-state index contributed by atoms with van der Waals surface area (Å²) >= 11 is 0. The molecule has 1 aliphatic heterocycles. The summed E-state index contributed by atoms with van der Waals surface area (Å²) in [6.45, 7) is 8.31. The number of aryl methyl sites for hydroxylation is 1. The minimum absolute atomic E-state index is 0.00659. The molecule has 2 aromatic carbocycles. The van der Waals surface area contributed by atoms with Gasteiger partial charge in [0.2, 0.25) is 15.9 Å². The van der Waals surface area contributed by atoms with Crippen LogP contribution >= 0.6 is 0 Å². The van der Waals surface area contributed by atoms with Crippen molar-refractivity contribution >= 4 is 32.7 Å². The molecule has 0 spiro atoms. The third-order valence-corrected chi connectivity index (χ3v) is 8.49. The molecule has 0 unspecified atom stereocenters. The number of hydrogen-bond acceptors (Lipinski definition) is 7. The van der Waals surface area contributed by atoms with Gasteiger partial charge < -0.3 is 11.1 Å². The highest BCUT2D eigenvalue weighted by Crippen LogP contribution is 2.24. The van der Waals surface area contributed by atoms with Gasteiger partial charge >= 0.3 is 0 Å². The van der Waals surface area contributed by atoms with Crippen molar-refractivity contribution < 1.29 is 13.2 Å². The van der Waals surface area contributed by atoms with Gasteiger partial charge in [0.1, 0.15) is 17.7 Å². The van der Waals surface area contributed by atoms with Gasteiger partial charge in [0.15, 0.2) is 0 Å². The number of piperazine rings is 1. The molecule has 192 valence electrons. The molecule has 1 atom stereocenters. The second-order valence-electron chi connectivity index (χ2n) is 9.45. The van der Waals surface area contributed by atoms with Crippen molar-refractivity contribution in [2.45, 2.75) is 44.7 Å². The molecule has 1 amide bonds. The first-order valence-electron chi connectivity index (χ1n) is 12.3. The molecule has 1 fully saturated rings. The van der Waals surface area contributed by atoms with Crippen molar-refractivity contribution in [3.8, 4) is 0 Å². The fourth-order valence-corrected chi connectivity index (χ4v) is 5.82. The van der Waals surface area contributed by atoms with Crippen LogP contribution in [0, 0.1) is 5.92 Å². The Morgan fingerprint density at radius 1 is 1.03 bits per heavy atom. The topological polar surface area (TPSA) is 122 Å². The molecule has 2 heterocycles. The Bertz CT molecular complexity index is 1320. The van der Waals surface area contributed by atoms with Crippen LogP contribution in [0.5, 0.6) is 0 Å². The Balaban J connectivity index is 1.48. The normalized spacial score (nSPS) is 16.3. The number of rotatable bonds is 9. The van der Waals surface area contributed by atoms with E-state index in [1.165, 1.54) is 0 Å². The van der Waals surface area contributed by atoms with E-state index in [1.54, 1.807) is 16.4 Å². The Kier molecular flexibility index (Phi) is 7.87. The van der Waals surface area contributed by atoms with Gasteiger partial charge in [0.05, 0.1) is 17.0 Å². The summed E-state index contributed by atoms with van der Waals surface area (Å²) in [5, 5.41) is 4.04. The number of aromatic nitrogens is 2. The van der Waals surface area contributed by atoms with Gasteiger partial charge in [0, 0.05) is 31.6 Å². The van der Waals surface area contributed by atoms with Gasteiger partial charge in [0.25, 0.3) is 0 Å². The van der Waals surface area contributed by atoms with E-state index < -0.39 is 22.0 Å². The first kappa shape index (κ1) is 26.0. The molecule has 0 aliphatic carbocycles. The molecule has 4 rings (SSSR count). The molecule has 1 aliphatic rings. The number of fused-ring (bicyclic) bond motifs is 1. The minimum atomic E-state index is -3.53. The number of para-hydroxylation sites is 1. The first-order chi connectivity index (χ1) is 17.2. The molecule has 0 saturated carbocycles. The van der Waals surface area contributed by atoms with Gasteiger partial charge in [-0.2, -0.15) is 4.31 Å². The third-order valence-electron chi connectivity index (χ3n) is 6.58. The number of carbonyl (C=O) groups excluding carboxylic acids is 1. The number of nitrogens with zero attached hydrogens (tertiary/aromatic N) is 4. The molecule has 3 N–H and O–H groups in total. The number of nitrogens with two attached hydrogens (primary N) is 1. The summed E-state index contributed by atoms with van der Waals surface area (Å²) in [6, 6.07) is 14.2. The van der Waals surface area contributed by atoms with E-state index in [0.29, 0.717) is 49.3 Å². The van der Waals surface area contributed by atoms with E-state index in [9.17, 15) is 13.2 Å². The number of nitrogens with one attached hydrogen (secondary N) is 1. The summed E-state index contributed by atoms with van der Waals surface area (Å²) in [6.07, 6.45) is 0.869. The van der Waals surface area contributed by atoms with E-state index in [1.807, 2.05) is 57.2 Å². The van der Waals surface area contributed by atoms with Crippen molar-refractivity contribution in [3.05, 3.63) is 59.9 Å². The summed E-state index contributed by atoms with van der Waals surface area (Å²) in [5.41, 5.74) is 7.50. The Labute approximate surface area is 212 Å². The van der Waals surface area contributed by atoms with E-state index in [-0.39, 0.29) is 5.92 Å². The zero-order valence-electron chi connectivity index (χ0n) is 21.0. The lowest BCUT2D eigenvalue weighted by atomic mass is 10.0. The maximum absolute atomic E-state index is 13.1. The lowest BCUT2D eigenvalue weighted by molar-refractivity contribution is -0.119. The van der Waals surface area contributed by atoms with Crippen LogP contribution in [0.3, 0.4) is 0 Å². The maximum Gasteiger partial charge on any atom is 0.243 e. The lowest BCUT2D eigenvalue weighted by Crippen LogP contribution is -2.48. The summed E-state index contributed by atoms with van der Waals surface area (Å²) in [5.74, 6) is 0.739. The van der Waals surface area contributed by atoms with Crippen molar-refractivity contribution in [2.75, 3.05) is 31.5 Å². The van der Waals surface area contributed by atoms with E-state index in [4.69, 9.17) is 15.7 Å². The molecule has 10 heteroatoms. The van der Waals surface area contributed by atoms with E-state index >= 15 is 0 Å². The Morgan fingerprint density at radius 2 is 1.69 bits per heavy atom. The highest BCUT2D eigenvalue weighted by atomic mass is 32.2. The fourth-order valence-electron chi connectivity index (χ4n) is 4.39. The molecule has 36 heavy (non-hydrogen) atoms. The molecule has 1 saturated heterocycles. The third kappa shape index (κ3) is 5.66. The van der Waals surface area contributed by atoms with Gasteiger partial charge in [-0.25, -0.2) is 18.4 Å². The SMILES string of the molecule is CCc1ccc(S(=O)(=O)N2CCN(Cc3nc(N[C@H](C(N)=O)C(C)C)c4ccccc4n3)CC2)cc1. The van der Waals surface area contributed by atoms with Crippen molar-refractivity contribution in [2.24, 2.45) is 11.7 Å². The molecule has 0 bridgehead atoms. The summed E-state index contributed by atoms with van der Waals surface area (Å²) in [4.78, 5) is 23.9. The predicted molar refractivity (Wildman–Crippen MR) is 141 cm³/mol. The van der Waals surface area contributed by atoms with Crippen molar-refractivity contribution in [1.29, 1.82) is 0 Å². The van der Waals surface area contributed by atoms with Gasteiger partial charge in [-0.3, -0.25) is 9.69 Å². The van der Waals surface area contributed by atoms with Gasteiger partial charge in [-0.05, 0) is 42.2 Å². The van der Waals surface area contributed by atoms with E-state index in [0.717, 1.165) is 22.9 Å². The number of hydrogen-bond donors (Lipinski definition) is 2. The van der Waals surface area contributed by atoms with Crippen LogP contribution in [0.15, 0.2) is 53.4 Å². The van der Waals surface area contributed by atoms with E-state index in [2.05, 4.69) is 10.2 Å². The number of primary amides is 1. The van der Waals surface area contributed by atoms with Gasteiger partial charge in [-0.15, -0.1) is 0 Å². The fraction of sp³-hybridized carbons (Fsp3) is 0.423. The van der Waals surface area contributed by atoms with Crippen molar-refractivity contribution in [3.63, 3.8) is 0 Å². The number of anilines is 1. The largest absolute Gasteiger partial charge is 0.368 e. The standard InChI is InChI=1S/C26H34N6O3S/c1-4-19-9-11-20(12-10-19)36(34,35)32-15-13-31(14-16-32)17-23-28-22-8-6-5-7-21(22)26(29-23)30-24(18(2)3)25(27)33/h5-12,18,24H,4,13-17H2,1-3H3,(H2,27,33)(H,28,29,30)/t24-/m0/s1. The minimum Gasteiger partial charge on any atom is -0.368 e. The molecule has 9 nitrogen and oxygen atoms in total. The second kappa shape index (κ2) is 10.9. The highest BCUT2D eigenvalue weighted by molar-refractivity contribution is 7.89. The van der Waals surface area contributed by atoms with Crippen LogP contribution in [0.2, 0.25) is 0 Å². The quantitative estimate of drug-likeness (QED) is 0.454. The zero-order chi connectivity index (χ0) is 25.9. The Hall–Kier alpha value is -3.08. The summed E-state index contributed by atoms with van der Waals surface area (Å²) in [7, 11) is -3.53. The van der Waals surface area contributed by atoms with Crippen LogP contribution in [-0.2, 0) is 27.8 Å². The van der Waals surface area contributed by atoms with Crippen LogP contribution in [0.4, 0.5) is 5.82 Å². The van der Waals surface area contributed by atoms with Crippen LogP contribution in [-0.4, -0.2) is 65.7 Å². The molecule has 0 radical (unpaired) electrons. The van der Waals surface area contributed by atoms with Crippen LogP contribution in [0.25, 0.3) is 10.9 Å². The average Bonchev–Trinajstić information content (AvgIpc) is 2.87. The zero-order valence-corrected chi connectivity index (χ0v) is 21.8. The monoisotopic (exact) mass is 510 g/mol.